The first kappa shape index (κ1) is 21.8. The quantitative estimate of drug-likeness (QED) is 0.573. The van der Waals surface area contributed by atoms with Gasteiger partial charge in [0.1, 0.15) is 5.75 Å². The minimum absolute atomic E-state index is 0.0615. The van der Waals surface area contributed by atoms with Crippen molar-refractivity contribution >= 4 is 17.3 Å². The molecule has 0 bridgehead atoms. The lowest BCUT2D eigenvalue weighted by Crippen LogP contribution is -2.45. The van der Waals surface area contributed by atoms with Crippen LogP contribution in [0, 0.1) is 0 Å². The number of carbonyl (C=O) groups is 1. The minimum atomic E-state index is -2.99. The summed E-state index contributed by atoms with van der Waals surface area (Å²) in [6.07, 6.45) is 0. The van der Waals surface area contributed by atoms with Crippen molar-refractivity contribution in [1.29, 1.82) is 0 Å². The average Bonchev–Trinajstić information content (AvgIpc) is 2.81. The van der Waals surface area contributed by atoms with Crippen molar-refractivity contribution in [2.24, 2.45) is 0 Å². The molecule has 1 heterocycles. The van der Waals surface area contributed by atoms with Crippen molar-refractivity contribution in [3.63, 3.8) is 0 Å². The normalized spacial score (nSPS) is 14.4. The highest BCUT2D eigenvalue weighted by molar-refractivity contribution is 6.06. The van der Waals surface area contributed by atoms with E-state index in [0.29, 0.717) is 5.69 Å². The molecule has 1 aliphatic heterocycles. The van der Waals surface area contributed by atoms with Gasteiger partial charge in [0.05, 0.1) is 5.56 Å². The molecule has 1 saturated heterocycles. The van der Waals surface area contributed by atoms with Crippen LogP contribution in [0.25, 0.3) is 0 Å². The zero-order chi connectivity index (χ0) is 22.3. The molecule has 0 unspecified atom stereocenters. The number of anilines is 2. The predicted molar refractivity (Wildman–Crippen MR) is 121 cm³/mol. The number of nitrogens with zero attached hydrogens (tertiary/aromatic N) is 2. The fourth-order valence-electron chi connectivity index (χ4n) is 3.81. The van der Waals surface area contributed by atoms with Crippen LogP contribution in [0.1, 0.15) is 15.9 Å². The van der Waals surface area contributed by atoms with E-state index in [0.717, 1.165) is 38.4 Å². The Hall–Kier alpha value is -3.45. The van der Waals surface area contributed by atoms with Crippen molar-refractivity contribution in [1.82, 2.24) is 4.90 Å². The summed E-state index contributed by atoms with van der Waals surface area (Å²) in [7, 11) is 0. The van der Waals surface area contributed by atoms with Gasteiger partial charge in [0.25, 0.3) is 5.91 Å². The summed E-state index contributed by atoms with van der Waals surface area (Å²) in [5.74, 6) is -0.645. The molecular weight excluding hydrogens is 412 g/mol. The molecule has 0 aliphatic carbocycles. The van der Waals surface area contributed by atoms with E-state index in [4.69, 9.17) is 0 Å². The molecule has 1 aliphatic rings. The predicted octanol–water partition coefficient (Wildman–Crippen LogP) is 4.86. The summed E-state index contributed by atoms with van der Waals surface area (Å²) in [6, 6.07) is 24.0. The third-order valence-corrected chi connectivity index (χ3v) is 5.46. The Morgan fingerprint density at radius 3 is 2.22 bits per heavy atom. The molecule has 0 radical (unpaired) electrons. The van der Waals surface area contributed by atoms with Crippen LogP contribution in [0.4, 0.5) is 20.2 Å². The number of nitrogens with one attached hydrogen (secondary N) is 1. The highest BCUT2D eigenvalue weighted by Crippen LogP contribution is 2.24. The van der Waals surface area contributed by atoms with Crippen molar-refractivity contribution in [3.05, 3.63) is 90.0 Å². The second-order valence-electron chi connectivity index (χ2n) is 7.62. The first-order valence-corrected chi connectivity index (χ1v) is 10.5. The molecule has 0 atom stereocenters. The Balaban J connectivity index is 1.33. The Labute approximate surface area is 186 Å². The van der Waals surface area contributed by atoms with Gasteiger partial charge in [-0.15, -0.1) is 0 Å². The van der Waals surface area contributed by atoms with Crippen LogP contribution in [0.2, 0.25) is 0 Å². The Bertz CT molecular complexity index is 1020. The number of halogens is 2. The third-order valence-electron chi connectivity index (χ3n) is 5.46. The van der Waals surface area contributed by atoms with Gasteiger partial charge in [-0.2, -0.15) is 8.78 Å². The van der Waals surface area contributed by atoms with Gasteiger partial charge in [-0.3, -0.25) is 9.69 Å². The third kappa shape index (κ3) is 5.62. The number of hydrogen-bond donors (Lipinski definition) is 1. The fraction of sp³-hybridized carbons (Fsp3) is 0.240. The van der Waals surface area contributed by atoms with Crippen LogP contribution in [0.3, 0.4) is 0 Å². The van der Waals surface area contributed by atoms with E-state index in [1.54, 1.807) is 12.1 Å². The van der Waals surface area contributed by atoms with Gasteiger partial charge in [0.15, 0.2) is 0 Å². The van der Waals surface area contributed by atoms with Crippen molar-refractivity contribution in [2.75, 3.05) is 36.4 Å². The largest absolute Gasteiger partial charge is 0.434 e. The number of benzene rings is 3. The molecule has 7 heteroatoms. The van der Waals surface area contributed by atoms with E-state index in [9.17, 15) is 13.6 Å². The highest BCUT2D eigenvalue weighted by Gasteiger charge is 2.18. The number of amides is 1. The molecular formula is C25H25F2N3O2. The van der Waals surface area contributed by atoms with Crippen LogP contribution in [-0.2, 0) is 6.54 Å². The van der Waals surface area contributed by atoms with Crippen LogP contribution in [-0.4, -0.2) is 43.6 Å². The van der Waals surface area contributed by atoms with Gasteiger partial charge in [-0.05, 0) is 42.0 Å². The van der Waals surface area contributed by atoms with Crippen LogP contribution < -0.4 is 15.0 Å². The van der Waals surface area contributed by atoms with E-state index < -0.39 is 12.5 Å². The van der Waals surface area contributed by atoms with E-state index in [1.165, 1.54) is 17.7 Å². The van der Waals surface area contributed by atoms with Gasteiger partial charge in [-0.25, -0.2) is 0 Å². The van der Waals surface area contributed by atoms with Gasteiger partial charge >= 0.3 is 6.61 Å². The average molecular weight is 437 g/mol. The monoisotopic (exact) mass is 437 g/mol. The smallest absolute Gasteiger partial charge is 0.387 e. The molecule has 3 aromatic carbocycles. The van der Waals surface area contributed by atoms with E-state index in [-0.39, 0.29) is 11.3 Å². The maximum absolute atomic E-state index is 12.6. The van der Waals surface area contributed by atoms with Crippen molar-refractivity contribution in [3.8, 4) is 5.75 Å². The number of alkyl halides is 2. The Morgan fingerprint density at radius 1 is 0.875 bits per heavy atom. The molecule has 1 amide bonds. The van der Waals surface area contributed by atoms with Gasteiger partial charge in [0, 0.05) is 44.1 Å². The maximum atomic E-state index is 12.6. The second kappa shape index (κ2) is 10.2. The number of piperazine rings is 1. The summed E-state index contributed by atoms with van der Waals surface area (Å²) in [4.78, 5) is 17.3. The number of rotatable bonds is 7. The molecule has 0 spiro atoms. The van der Waals surface area contributed by atoms with Crippen LogP contribution in [0.15, 0.2) is 78.9 Å². The summed E-state index contributed by atoms with van der Waals surface area (Å²) in [5, 5.41) is 2.75. The lowest BCUT2D eigenvalue weighted by molar-refractivity contribution is -0.0501. The molecule has 1 N–H and O–H groups in total. The van der Waals surface area contributed by atoms with Gasteiger partial charge in [0.2, 0.25) is 0 Å². The minimum Gasteiger partial charge on any atom is -0.434 e. The molecule has 166 valence electrons. The summed E-state index contributed by atoms with van der Waals surface area (Å²) in [5.41, 5.74) is 3.06. The van der Waals surface area contributed by atoms with E-state index in [1.807, 2.05) is 30.3 Å². The number of ether oxygens (including phenoxy) is 1. The lowest BCUT2D eigenvalue weighted by atomic mass is 10.1. The van der Waals surface area contributed by atoms with Crippen molar-refractivity contribution in [2.45, 2.75) is 13.2 Å². The Kier molecular flexibility index (Phi) is 6.97. The number of carbonyl (C=O) groups excluding carboxylic acids is 1. The number of para-hydroxylation sites is 1. The molecule has 3 aromatic rings. The topological polar surface area (TPSA) is 44.8 Å². The highest BCUT2D eigenvalue weighted by atomic mass is 19.3. The van der Waals surface area contributed by atoms with Crippen LogP contribution in [0.5, 0.6) is 5.75 Å². The maximum Gasteiger partial charge on any atom is 0.387 e. The van der Waals surface area contributed by atoms with Gasteiger partial charge < -0.3 is 15.0 Å². The lowest BCUT2D eigenvalue weighted by Gasteiger charge is -2.36. The summed E-state index contributed by atoms with van der Waals surface area (Å²) >= 11 is 0. The van der Waals surface area contributed by atoms with Crippen molar-refractivity contribution < 1.29 is 18.3 Å². The van der Waals surface area contributed by atoms with Gasteiger partial charge in [-0.1, -0.05) is 42.5 Å². The van der Waals surface area contributed by atoms with Crippen LogP contribution >= 0.6 is 0 Å². The molecule has 5 nitrogen and oxygen atoms in total. The Morgan fingerprint density at radius 2 is 1.53 bits per heavy atom. The second-order valence-corrected chi connectivity index (χ2v) is 7.62. The molecule has 1 fully saturated rings. The SMILES string of the molecule is O=C(Nc1ccc(N2CCN(Cc3ccccc3)CC2)cc1)c1ccccc1OC(F)F. The first-order chi connectivity index (χ1) is 15.6. The standard InChI is InChI=1S/C25H25F2N3O2/c26-25(27)32-23-9-5-4-8-22(23)24(31)28-20-10-12-21(13-11-20)30-16-14-29(15-17-30)18-19-6-2-1-3-7-19/h1-13,25H,14-18H2,(H,28,31). The van der Waals surface area contributed by atoms with E-state index >= 15 is 0 Å². The summed E-state index contributed by atoms with van der Waals surface area (Å²) < 4.78 is 29.6. The molecule has 4 rings (SSSR count). The molecule has 32 heavy (non-hydrogen) atoms. The fourth-order valence-corrected chi connectivity index (χ4v) is 3.81. The molecule has 0 saturated carbocycles. The molecule has 0 aromatic heterocycles. The summed E-state index contributed by atoms with van der Waals surface area (Å²) in [6.45, 7) is 1.78. The zero-order valence-corrected chi connectivity index (χ0v) is 17.6. The number of hydrogen-bond acceptors (Lipinski definition) is 4. The zero-order valence-electron chi connectivity index (χ0n) is 17.6. The first-order valence-electron chi connectivity index (χ1n) is 10.5. The van der Waals surface area contributed by atoms with E-state index in [2.05, 4.69) is 44.1 Å².